The highest BCUT2D eigenvalue weighted by Crippen LogP contribution is 2.60. The van der Waals surface area contributed by atoms with Crippen molar-refractivity contribution in [3.8, 4) is 0 Å². The van der Waals surface area contributed by atoms with Gasteiger partial charge in [-0.25, -0.2) is 0 Å². The lowest BCUT2D eigenvalue weighted by molar-refractivity contribution is -0.165. The van der Waals surface area contributed by atoms with Crippen LogP contribution in [0.1, 0.15) is 68.6 Å². The van der Waals surface area contributed by atoms with Gasteiger partial charge in [-0.3, -0.25) is 14.4 Å². The number of hydrogen-bond donors (Lipinski definition) is 1. The second-order valence-electron chi connectivity index (χ2n) is 9.07. The van der Waals surface area contributed by atoms with Gasteiger partial charge in [-0.1, -0.05) is 0 Å². The lowest BCUT2D eigenvalue weighted by atomic mass is 9.48. The maximum absolute atomic E-state index is 13.1. The number of esters is 1. The van der Waals surface area contributed by atoms with E-state index in [4.69, 9.17) is 4.74 Å². The minimum atomic E-state index is -0.663. The Bertz CT molecular complexity index is 706. The Morgan fingerprint density at radius 1 is 1.18 bits per heavy atom. The van der Waals surface area contributed by atoms with Gasteiger partial charge in [0.2, 0.25) is 0 Å². The number of carbonyl (C=O) groups excluding carboxylic acids is 3. The summed E-state index contributed by atoms with van der Waals surface area (Å²) in [5, 5.41) is 6.45. The van der Waals surface area contributed by atoms with Gasteiger partial charge in [0.25, 0.3) is 5.91 Å². The predicted octanol–water partition coefficient (Wildman–Crippen LogP) is 3.98. The second-order valence-corrected chi connectivity index (χ2v) is 9.85. The SMILES string of the molecule is C[C@@H](OC(=O)CCCNC(=O)c1ccsc1)C(=O)C12CC3CC(CC(C3)C1)C2. The second kappa shape index (κ2) is 7.97. The minimum absolute atomic E-state index is 0.125. The van der Waals surface area contributed by atoms with Gasteiger partial charge in [0.15, 0.2) is 11.9 Å². The fourth-order valence-electron chi connectivity index (χ4n) is 6.08. The molecule has 28 heavy (non-hydrogen) atoms. The van der Waals surface area contributed by atoms with Crippen molar-refractivity contribution >= 4 is 29.0 Å². The van der Waals surface area contributed by atoms with E-state index in [1.54, 1.807) is 18.4 Å². The Labute approximate surface area is 170 Å². The summed E-state index contributed by atoms with van der Waals surface area (Å²) in [5.74, 6) is 1.76. The molecule has 152 valence electrons. The summed E-state index contributed by atoms with van der Waals surface area (Å²) < 4.78 is 5.48. The zero-order valence-corrected chi connectivity index (χ0v) is 17.3. The highest BCUT2D eigenvalue weighted by molar-refractivity contribution is 7.08. The molecule has 1 aromatic rings. The average molecular weight is 404 g/mol. The summed E-state index contributed by atoms with van der Waals surface area (Å²) in [7, 11) is 0. The van der Waals surface area contributed by atoms with Gasteiger partial charge in [-0.2, -0.15) is 11.3 Å². The van der Waals surface area contributed by atoms with Gasteiger partial charge in [0, 0.05) is 29.3 Å². The molecular formula is C22H29NO4S. The Hall–Kier alpha value is -1.69. The smallest absolute Gasteiger partial charge is 0.306 e. The van der Waals surface area contributed by atoms with Crippen molar-refractivity contribution in [2.24, 2.45) is 23.2 Å². The standard InChI is InChI=1S/C22H29NO4S/c1-14(20(25)22-10-15-7-16(11-22)9-17(8-15)12-22)27-19(24)3-2-5-23-21(26)18-4-6-28-13-18/h4,6,13-17H,2-3,5,7-12H2,1H3,(H,23,26)/t14-,15?,16?,17?,22?/m1/s1. The van der Waals surface area contributed by atoms with E-state index in [9.17, 15) is 14.4 Å². The molecule has 0 aromatic carbocycles. The normalized spacial score (nSPS) is 31.4. The fourth-order valence-corrected chi connectivity index (χ4v) is 6.72. The summed E-state index contributed by atoms with van der Waals surface area (Å²) >= 11 is 1.47. The first-order valence-corrected chi connectivity index (χ1v) is 11.4. The molecule has 0 spiro atoms. The third-order valence-corrected chi connectivity index (χ3v) is 7.55. The molecule has 1 N–H and O–H groups in total. The molecule has 4 aliphatic rings. The van der Waals surface area contributed by atoms with E-state index in [1.165, 1.54) is 30.6 Å². The van der Waals surface area contributed by atoms with Crippen LogP contribution in [0.5, 0.6) is 0 Å². The molecule has 0 saturated heterocycles. The Morgan fingerprint density at radius 2 is 1.82 bits per heavy atom. The first kappa shape index (κ1) is 19.6. The van der Waals surface area contributed by atoms with E-state index < -0.39 is 6.10 Å². The number of ketones is 1. The Balaban J connectivity index is 1.21. The van der Waals surface area contributed by atoms with Crippen LogP contribution in [0.3, 0.4) is 0 Å². The summed E-state index contributed by atoms with van der Waals surface area (Å²) in [6, 6.07) is 1.77. The van der Waals surface area contributed by atoms with Crippen molar-refractivity contribution in [2.45, 2.75) is 64.4 Å². The molecule has 5 nitrogen and oxygen atoms in total. The molecule has 4 aliphatic carbocycles. The van der Waals surface area contributed by atoms with E-state index in [2.05, 4.69) is 5.32 Å². The number of nitrogens with one attached hydrogen (secondary N) is 1. The topological polar surface area (TPSA) is 72.5 Å². The van der Waals surface area contributed by atoms with Crippen molar-refractivity contribution in [3.63, 3.8) is 0 Å². The molecule has 4 saturated carbocycles. The zero-order valence-electron chi connectivity index (χ0n) is 16.4. The number of carbonyl (C=O) groups is 3. The van der Waals surface area contributed by atoms with Gasteiger partial charge in [0.1, 0.15) is 0 Å². The van der Waals surface area contributed by atoms with E-state index in [1.807, 2.05) is 5.38 Å². The van der Waals surface area contributed by atoms with E-state index in [0.29, 0.717) is 36.3 Å². The first-order chi connectivity index (χ1) is 13.4. The molecule has 4 fully saturated rings. The predicted molar refractivity (Wildman–Crippen MR) is 107 cm³/mol. The van der Waals surface area contributed by atoms with Gasteiger partial charge in [-0.05, 0) is 81.1 Å². The van der Waals surface area contributed by atoms with Crippen molar-refractivity contribution in [2.75, 3.05) is 6.54 Å². The first-order valence-electron chi connectivity index (χ1n) is 10.5. The average Bonchev–Trinajstić information content (AvgIpc) is 3.18. The molecule has 0 unspecified atom stereocenters. The molecule has 1 atom stereocenters. The van der Waals surface area contributed by atoms with Gasteiger partial charge < -0.3 is 10.1 Å². The Morgan fingerprint density at radius 3 is 2.39 bits per heavy atom. The highest BCUT2D eigenvalue weighted by Gasteiger charge is 2.55. The van der Waals surface area contributed by atoms with Crippen LogP contribution in [0.2, 0.25) is 0 Å². The van der Waals surface area contributed by atoms with Gasteiger partial charge in [0.05, 0.1) is 0 Å². The molecule has 0 aliphatic heterocycles. The number of ether oxygens (including phenoxy) is 1. The van der Waals surface area contributed by atoms with Crippen LogP contribution in [-0.4, -0.2) is 30.3 Å². The Kier molecular flexibility index (Phi) is 5.59. The fraction of sp³-hybridized carbons (Fsp3) is 0.682. The summed E-state index contributed by atoms with van der Waals surface area (Å²) in [6.07, 6.45) is 6.91. The number of Topliss-reactive ketones (excluding diaryl/α,β-unsaturated/α-hetero) is 1. The van der Waals surface area contributed by atoms with E-state index in [0.717, 1.165) is 19.3 Å². The third kappa shape index (κ3) is 4.02. The lowest BCUT2D eigenvalue weighted by Gasteiger charge is -2.56. The van der Waals surface area contributed by atoms with Gasteiger partial charge >= 0.3 is 5.97 Å². The molecule has 5 rings (SSSR count). The van der Waals surface area contributed by atoms with Crippen molar-refractivity contribution in [3.05, 3.63) is 22.4 Å². The number of thiophene rings is 1. The van der Waals surface area contributed by atoms with Crippen molar-refractivity contribution in [1.82, 2.24) is 5.32 Å². The maximum atomic E-state index is 13.1. The molecule has 1 amide bonds. The van der Waals surface area contributed by atoms with Crippen LogP contribution in [0.4, 0.5) is 0 Å². The van der Waals surface area contributed by atoms with E-state index in [-0.39, 0.29) is 29.5 Å². The van der Waals surface area contributed by atoms with Crippen LogP contribution in [0.15, 0.2) is 16.8 Å². The summed E-state index contributed by atoms with van der Waals surface area (Å²) in [4.78, 5) is 37.2. The number of hydrogen-bond acceptors (Lipinski definition) is 5. The summed E-state index contributed by atoms with van der Waals surface area (Å²) in [5.41, 5.74) is 0.408. The van der Waals surface area contributed by atoms with Crippen molar-refractivity contribution in [1.29, 1.82) is 0 Å². The quantitative estimate of drug-likeness (QED) is 0.526. The van der Waals surface area contributed by atoms with Gasteiger partial charge in [-0.15, -0.1) is 0 Å². The van der Waals surface area contributed by atoms with Crippen LogP contribution < -0.4 is 5.32 Å². The highest BCUT2D eigenvalue weighted by atomic mass is 32.1. The van der Waals surface area contributed by atoms with Crippen LogP contribution in [0.25, 0.3) is 0 Å². The minimum Gasteiger partial charge on any atom is -0.455 e. The monoisotopic (exact) mass is 403 g/mol. The number of rotatable bonds is 8. The molecule has 6 heteroatoms. The van der Waals surface area contributed by atoms with E-state index >= 15 is 0 Å². The molecular weight excluding hydrogens is 374 g/mol. The third-order valence-electron chi connectivity index (χ3n) is 6.86. The van der Waals surface area contributed by atoms with Crippen LogP contribution in [0, 0.1) is 23.2 Å². The largest absolute Gasteiger partial charge is 0.455 e. The molecule has 1 heterocycles. The lowest BCUT2D eigenvalue weighted by Crippen LogP contribution is -2.52. The maximum Gasteiger partial charge on any atom is 0.306 e. The van der Waals surface area contributed by atoms with Crippen LogP contribution >= 0.6 is 11.3 Å². The molecule has 0 radical (unpaired) electrons. The van der Waals surface area contributed by atoms with Crippen molar-refractivity contribution < 1.29 is 19.1 Å². The summed E-state index contributed by atoms with van der Waals surface area (Å²) in [6.45, 7) is 2.15. The molecule has 1 aromatic heterocycles. The number of amides is 1. The zero-order chi connectivity index (χ0) is 19.7. The van der Waals surface area contributed by atoms with Crippen LogP contribution in [-0.2, 0) is 14.3 Å². The molecule has 4 bridgehead atoms.